The van der Waals surface area contributed by atoms with Crippen LogP contribution in [0.5, 0.6) is 0 Å². The van der Waals surface area contributed by atoms with Crippen molar-refractivity contribution in [2.75, 3.05) is 18.5 Å². The molecule has 8 nitrogen and oxygen atoms in total. The van der Waals surface area contributed by atoms with Crippen molar-refractivity contribution in [3.8, 4) is 0 Å². The Kier molecular flexibility index (Phi) is 4.80. The first kappa shape index (κ1) is 19.2. The number of ether oxygens (including phenoxy) is 1. The molecule has 3 heterocycles. The highest BCUT2D eigenvalue weighted by Crippen LogP contribution is 2.27. The summed E-state index contributed by atoms with van der Waals surface area (Å²) in [7, 11) is -3.51. The summed E-state index contributed by atoms with van der Waals surface area (Å²) in [5, 5.41) is 8.30. The molecule has 1 saturated heterocycles. The summed E-state index contributed by atoms with van der Waals surface area (Å²) in [5.41, 5.74) is 2.38. The minimum Gasteiger partial charge on any atom is -0.381 e. The SMILES string of the molecule is O=C(Nc1ccc2c(c1)S(=O)(=O)NC2)c1c2ccccc2nn1CC1CCOCC1. The third-order valence-electron chi connectivity index (χ3n) is 5.70. The van der Waals surface area contributed by atoms with Gasteiger partial charge in [-0.3, -0.25) is 9.48 Å². The average Bonchev–Trinajstić information content (AvgIpc) is 3.25. The van der Waals surface area contributed by atoms with Crippen LogP contribution in [0.15, 0.2) is 47.4 Å². The smallest absolute Gasteiger partial charge is 0.274 e. The fourth-order valence-electron chi connectivity index (χ4n) is 4.09. The zero-order valence-electron chi connectivity index (χ0n) is 16.3. The normalized spacial score (nSPS) is 18.4. The van der Waals surface area contributed by atoms with Crippen molar-refractivity contribution in [2.24, 2.45) is 5.92 Å². The van der Waals surface area contributed by atoms with Crippen LogP contribution >= 0.6 is 0 Å². The fourth-order valence-corrected chi connectivity index (χ4v) is 5.36. The van der Waals surface area contributed by atoms with Crippen LogP contribution in [0.25, 0.3) is 10.9 Å². The maximum atomic E-state index is 13.3. The molecule has 0 unspecified atom stereocenters. The van der Waals surface area contributed by atoms with Crippen LogP contribution in [0.3, 0.4) is 0 Å². The van der Waals surface area contributed by atoms with Gasteiger partial charge in [-0.25, -0.2) is 13.1 Å². The Labute approximate surface area is 174 Å². The number of aromatic nitrogens is 2. The van der Waals surface area contributed by atoms with Gasteiger partial charge in [0.1, 0.15) is 5.69 Å². The first-order valence-electron chi connectivity index (χ1n) is 9.98. The van der Waals surface area contributed by atoms with Crippen molar-refractivity contribution < 1.29 is 17.9 Å². The predicted octanol–water partition coefficient (Wildman–Crippen LogP) is 2.51. The standard InChI is InChI=1S/C21H22N4O4S/c26-21(23-16-6-5-15-12-22-30(27,28)19(15)11-16)20-17-3-1-2-4-18(17)24-25(20)13-14-7-9-29-10-8-14/h1-6,11,14,22H,7-10,12-13H2,(H,23,26). The van der Waals surface area contributed by atoms with Gasteiger partial charge in [0.05, 0.1) is 10.4 Å². The topological polar surface area (TPSA) is 102 Å². The Morgan fingerprint density at radius 1 is 1.20 bits per heavy atom. The summed E-state index contributed by atoms with van der Waals surface area (Å²) < 4.78 is 33.9. The largest absolute Gasteiger partial charge is 0.381 e. The van der Waals surface area contributed by atoms with Crippen molar-refractivity contribution in [2.45, 2.75) is 30.8 Å². The molecule has 5 rings (SSSR count). The molecule has 1 aromatic heterocycles. The van der Waals surface area contributed by atoms with Crippen LogP contribution in [0.2, 0.25) is 0 Å². The number of hydrogen-bond donors (Lipinski definition) is 2. The van der Waals surface area contributed by atoms with Crippen molar-refractivity contribution >= 4 is 32.5 Å². The fraction of sp³-hybridized carbons (Fsp3) is 0.333. The van der Waals surface area contributed by atoms with Gasteiger partial charge in [0.15, 0.2) is 0 Å². The summed E-state index contributed by atoms with van der Waals surface area (Å²) in [6.45, 7) is 2.37. The quantitative estimate of drug-likeness (QED) is 0.667. The highest BCUT2D eigenvalue weighted by molar-refractivity contribution is 7.89. The number of carbonyl (C=O) groups is 1. The van der Waals surface area contributed by atoms with Gasteiger partial charge in [-0.2, -0.15) is 5.10 Å². The van der Waals surface area contributed by atoms with Crippen molar-refractivity contribution in [3.05, 3.63) is 53.7 Å². The second-order valence-corrected chi connectivity index (χ2v) is 9.44. The number of nitrogens with one attached hydrogen (secondary N) is 2. The first-order valence-corrected chi connectivity index (χ1v) is 11.5. The zero-order chi connectivity index (χ0) is 20.7. The summed E-state index contributed by atoms with van der Waals surface area (Å²) >= 11 is 0. The minimum atomic E-state index is -3.51. The number of hydrogen-bond acceptors (Lipinski definition) is 5. The van der Waals surface area contributed by atoms with E-state index in [4.69, 9.17) is 4.74 Å². The molecule has 3 aromatic rings. The Morgan fingerprint density at radius 2 is 2.00 bits per heavy atom. The summed E-state index contributed by atoms with van der Waals surface area (Å²) in [4.78, 5) is 13.5. The van der Waals surface area contributed by atoms with Gasteiger partial charge in [0.2, 0.25) is 10.0 Å². The van der Waals surface area contributed by atoms with Crippen LogP contribution in [0, 0.1) is 5.92 Å². The van der Waals surface area contributed by atoms with E-state index in [9.17, 15) is 13.2 Å². The molecule has 30 heavy (non-hydrogen) atoms. The van der Waals surface area contributed by atoms with Crippen LogP contribution in [0.1, 0.15) is 28.9 Å². The van der Waals surface area contributed by atoms with E-state index in [0.717, 1.165) is 37.0 Å². The number of amides is 1. The monoisotopic (exact) mass is 426 g/mol. The molecule has 0 spiro atoms. The van der Waals surface area contributed by atoms with E-state index in [2.05, 4.69) is 15.1 Å². The Morgan fingerprint density at radius 3 is 2.83 bits per heavy atom. The number of fused-ring (bicyclic) bond motifs is 2. The van der Waals surface area contributed by atoms with E-state index in [0.29, 0.717) is 29.4 Å². The number of benzene rings is 2. The summed E-state index contributed by atoms with van der Waals surface area (Å²) in [6, 6.07) is 12.5. The minimum absolute atomic E-state index is 0.209. The molecule has 0 radical (unpaired) electrons. The van der Waals surface area contributed by atoms with Gasteiger partial charge in [-0.15, -0.1) is 0 Å². The van der Waals surface area contributed by atoms with Crippen LogP contribution < -0.4 is 10.0 Å². The van der Waals surface area contributed by atoms with Crippen LogP contribution in [-0.2, 0) is 27.8 Å². The number of rotatable bonds is 4. The number of sulfonamides is 1. The summed E-state index contributed by atoms with van der Waals surface area (Å²) in [6.07, 6.45) is 1.87. The molecule has 2 aliphatic heterocycles. The van der Waals surface area contributed by atoms with Crippen molar-refractivity contribution in [1.82, 2.24) is 14.5 Å². The van der Waals surface area contributed by atoms with E-state index in [1.807, 2.05) is 24.3 Å². The Balaban J connectivity index is 1.48. The summed E-state index contributed by atoms with van der Waals surface area (Å²) in [5.74, 6) is 0.0925. The van der Waals surface area contributed by atoms with E-state index in [1.165, 1.54) is 6.07 Å². The third kappa shape index (κ3) is 3.49. The van der Waals surface area contributed by atoms with Gasteiger partial charge < -0.3 is 10.1 Å². The molecule has 0 saturated carbocycles. The Bertz CT molecular complexity index is 1230. The van der Waals surface area contributed by atoms with Crippen molar-refractivity contribution in [3.63, 3.8) is 0 Å². The highest BCUT2D eigenvalue weighted by Gasteiger charge is 2.27. The number of nitrogens with zero attached hydrogens (tertiary/aromatic N) is 2. The predicted molar refractivity (Wildman–Crippen MR) is 112 cm³/mol. The van der Waals surface area contributed by atoms with Gasteiger partial charge in [0, 0.05) is 37.4 Å². The van der Waals surface area contributed by atoms with Gasteiger partial charge in [0.25, 0.3) is 5.91 Å². The molecular weight excluding hydrogens is 404 g/mol. The first-order chi connectivity index (χ1) is 14.5. The Hall–Kier alpha value is -2.75. The second kappa shape index (κ2) is 7.50. The van der Waals surface area contributed by atoms with Gasteiger partial charge >= 0.3 is 0 Å². The lowest BCUT2D eigenvalue weighted by Crippen LogP contribution is -2.24. The lowest BCUT2D eigenvalue weighted by Gasteiger charge is -2.22. The van der Waals surface area contributed by atoms with E-state index in [-0.39, 0.29) is 17.3 Å². The highest BCUT2D eigenvalue weighted by atomic mass is 32.2. The lowest BCUT2D eigenvalue weighted by molar-refractivity contribution is 0.0598. The molecule has 0 atom stereocenters. The molecular formula is C21H22N4O4S. The molecule has 156 valence electrons. The van der Waals surface area contributed by atoms with Crippen LogP contribution in [-0.4, -0.2) is 37.3 Å². The van der Waals surface area contributed by atoms with Crippen LogP contribution in [0.4, 0.5) is 5.69 Å². The molecule has 0 aliphatic carbocycles. The average molecular weight is 426 g/mol. The molecule has 1 fully saturated rings. The zero-order valence-corrected chi connectivity index (χ0v) is 17.1. The molecule has 0 bridgehead atoms. The van der Waals surface area contributed by atoms with Gasteiger partial charge in [-0.1, -0.05) is 24.3 Å². The molecule has 2 N–H and O–H groups in total. The van der Waals surface area contributed by atoms with Crippen molar-refractivity contribution in [1.29, 1.82) is 0 Å². The molecule has 2 aliphatic rings. The maximum absolute atomic E-state index is 13.3. The number of carbonyl (C=O) groups excluding carboxylic acids is 1. The molecule has 9 heteroatoms. The maximum Gasteiger partial charge on any atom is 0.274 e. The number of anilines is 1. The van der Waals surface area contributed by atoms with E-state index < -0.39 is 10.0 Å². The van der Waals surface area contributed by atoms with E-state index >= 15 is 0 Å². The lowest BCUT2D eigenvalue weighted by atomic mass is 10.0. The molecule has 1 amide bonds. The molecule has 2 aromatic carbocycles. The van der Waals surface area contributed by atoms with E-state index in [1.54, 1.807) is 16.8 Å². The second-order valence-electron chi connectivity index (χ2n) is 7.70. The third-order valence-corrected chi connectivity index (χ3v) is 7.18. The van der Waals surface area contributed by atoms with Gasteiger partial charge in [-0.05, 0) is 42.5 Å².